The Morgan fingerprint density at radius 2 is 1.95 bits per heavy atom. The molecule has 0 unspecified atom stereocenters. The van der Waals surface area contributed by atoms with E-state index in [2.05, 4.69) is 5.32 Å². The number of rotatable bonds is 5. The zero-order chi connectivity index (χ0) is 14.4. The number of ketones is 1. The van der Waals surface area contributed by atoms with E-state index in [9.17, 15) is 9.59 Å². The van der Waals surface area contributed by atoms with Gasteiger partial charge < -0.3 is 10.4 Å². The molecule has 104 valence electrons. The molecule has 0 bridgehead atoms. The van der Waals surface area contributed by atoms with E-state index >= 15 is 0 Å². The third kappa shape index (κ3) is 4.94. The Hall–Kier alpha value is -1.50. The molecule has 0 saturated heterocycles. The van der Waals surface area contributed by atoms with Crippen LogP contribution in [0.25, 0.3) is 0 Å². The van der Waals surface area contributed by atoms with Crippen molar-refractivity contribution in [1.29, 1.82) is 0 Å². The molecule has 1 aromatic rings. The van der Waals surface area contributed by atoms with Crippen LogP contribution in [0.1, 0.15) is 30.6 Å². The quantitative estimate of drug-likeness (QED) is 0.375. The van der Waals surface area contributed by atoms with Gasteiger partial charge in [0.2, 0.25) is 5.91 Å². The summed E-state index contributed by atoms with van der Waals surface area (Å²) in [6.45, 7) is 3.33. The molecule has 19 heavy (non-hydrogen) atoms. The lowest BCUT2D eigenvalue weighted by Gasteiger charge is -2.12. The monoisotopic (exact) mass is 282 g/mol. The minimum absolute atomic E-state index is 0.0227. The number of Topliss-reactive ketones (excluding diaryl/α,β-unsaturated/α-hetero) is 1. The first kappa shape index (κ1) is 15.6. The molecule has 0 radical (unpaired) electrons. The van der Waals surface area contributed by atoms with Crippen LogP contribution in [0, 0.1) is 0 Å². The second kappa shape index (κ2) is 7.18. The molecule has 1 aromatic carbocycles. The number of aliphatic hydroxyl groups excluding tert-OH is 1. The lowest BCUT2D eigenvalue weighted by molar-refractivity contribution is -0.115. The van der Waals surface area contributed by atoms with Crippen LogP contribution in [0.4, 0.5) is 5.69 Å². The van der Waals surface area contributed by atoms with Gasteiger partial charge in [-0.15, -0.1) is 11.4 Å². The van der Waals surface area contributed by atoms with Crippen molar-refractivity contribution < 1.29 is 14.7 Å². The highest BCUT2D eigenvalue weighted by molar-refractivity contribution is 7.99. The van der Waals surface area contributed by atoms with Crippen LogP contribution in [0.2, 0.25) is 0 Å². The fourth-order valence-electron chi connectivity index (χ4n) is 1.51. The predicted molar refractivity (Wildman–Crippen MR) is 80.0 cm³/mol. The van der Waals surface area contributed by atoms with Gasteiger partial charge in [-0.2, -0.15) is 0 Å². The summed E-state index contributed by atoms with van der Waals surface area (Å²) in [7, 11) is 0. The second-order valence-electron chi connectivity index (χ2n) is 4.03. The summed E-state index contributed by atoms with van der Waals surface area (Å²) in [4.78, 5) is 23.1. The summed E-state index contributed by atoms with van der Waals surface area (Å²) >= 11 is 0.404. The smallest absolute Gasteiger partial charge is 0.236 e. The number of hydrogen-bond acceptors (Lipinski definition) is 2. The Balaban J connectivity index is 2.76. The highest BCUT2D eigenvalue weighted by atomic mass is 32.1. The Morgan fingerprint density at radius 1 is 1.37 bits per heavy atom. The van der Waals surface area contributed by atoms with Crippen LogP contribution in [0.5, 0.6) is 0 Å². The molecule has 1 rings (SSSR count). The van der Waals surface area contributed by atoms with Gasteiger partial charge in [0.15, 0.2) is 5.78 Å². The summed E-state index contributed by atoms with van der Waals surface area (Å²) < 4.78 is 0. The summed E-state index contributed by atoms with van der Waals surface area (Å²) in [5.74, 6) is -0.234. The normalized spacial score (nSPS) is 13.4. The summed E-state index contributed by atoms with van der Waals surface area (Å²) in [6.07, 6.45) is 0.570. The maximum Gasteiger partial charge on any atom is 0.236 e. The Bertz CT molecular complexity index is 493. The molecule has 5 nitrogen and oxygen atoms in total. The molecule has 0 aromatic heterocycles. The first-order valence-corrected chi connectivity index (χ1v) is 6.84. The molecule has 0 aliphatic heterocycles. The van der Waals surface area contributed by atoms with Crippen molar-refractivity contribution in [2.45, 2.75) is 25.5 Å². The summed E-state index contributed by atoms with van der Waals surface area (Å²) in [5, 5.41) is 11.1. The van der Waals surface area contributed by atoms with Crippen molar-refractivity contribution in [2.24, 2.45) is 5.73 Å². The second-order valence-corrected chi connectivity index (χ2v) is 5.37. The van der Waals surface area contributed by atoms with Gasteiger partial charge in [0.25, 0.3) is 0 Å². The third-order valence-corrected chi connectivity index (χ3v) is 3.71. The van der Waals surface area contributed by atoms with Gasteiger partial charge in [0, 0.05) is 11.3 Å². The molecular weight excluding hydrogens is 264 g/mol. The number of aliphatic hydroxyl groups is 1. The van der Waals surface area contributed by atoms with Crippen LogP contribution in [-0.2, 0) is 4.79 Å². The lowest BCUT2D eigenvalue weighted by Crippen LogP contribution is -2.25. The van der Waals surface area contributed by atoms with Crippen LogP contribution in [0.15, 0.2) is 24.3 Å². The van der Waals surface area contributed by atoms with Crippen molar-refractivity contribution in [3.8, 4) is 0 Å². The minimum atomic E-state index is -0.391. The highest BCUT2D eigenvalue weighted by Gasteiger charge is 2.14. The zero-order valence-electron chi connectivity index (χ0n) is 10.9. The minimum Gasteiger partial charge on any atom is -0.347 e. The standard InChI is InChI=1S/C13H18N2O3S/c1-3-11(19-13(14)18)12(17)15-10-6-4-9(5-7-10)8(2)16/h4-7,11,18-19H,3,14H2,1-2H3,(H,15,17)/t11-/m1/s1. The van der Waals surface area contributed by atoms with E-state index < -0.39 is 5.25 Å². The van der Waals surface area contributed by atoms with Gasteiger partial charge in [-0.1, -0.05) is 6.92 Å². The number of carbonyl (C=O) groups excluding carboxylic acids is 2. The number of amides is 1. The van der Waals surface area contributed by atoms with Crippen molar-refractivity contribution in [3.63, 3.8) is 0 Å². The maximum absolute atomic E-state index is 11.9. The van der Waals surface area contributed by atoms with Gasteiger partial charge in [0.05, 0.1) is 5.25 Å². The average Bonchev–Trinajstić information content (AvgIpc) is 2.36. The van der Waals surface area contributed by atoms with E-state index in [1.807, 2.05) is 6.92 Å². The number of carbonyl (C=O) groups is 2. The van der Waals surface area contributed by atoms with Crippen molar-refractivity contribution in [3.05, 3.63) is 29.8 Å². The van der Waals surface area contributed by atoms with Gasteiger partial charge >= 0.3 is 0 Å². The lowest BCUT2D eigenvalue weighted by atomic mass is 10.1. The molecule has 1 atom stereocenters. The molecular formula is C13H18N2O3S. The van der Waals surface area contributed by atoms with E-state index in [1.54, 1.807) is 24.3 Å². The molecule has 0 heterocycles. The average molecular weight is 282 g/mol. The fraction of sp³-hybridized carbons (Fsp3) is 0.308. The number of thiol groups is 1. The molecule has 0 fully saturated rings. The van der Waals surface area contributed by atoms with E-state index in [0.717, 1.165) is 0 Å². The molecule has 4 N–H and O–H groups in total. The molecule has 0 aliphatic rings. The fourth-order valence-corrected chi connectivity index (χ4v) is 2.19. The molecule has 0 saturated carbocycles. The maximum atomic E-state index is 11.9. The van der Waals surface area contributed by atoms with Crippen molar-refractivity contribution in [1.82, 2.24) is 0 Å². The van der Waals surface area contributed by atoms with Gasteiger partial charge in [0.1, 0.15) is 5.17 Å². The number of benzene rings is 1. The van der Waals surface area contributed by atoms with Crippen LogP contribution >= 0.6 is 11.4 Å². The number of anilines is 1. The first-order valence-electron chi connectivity index (χ1n) is 5.88. The van der Waals surface area contributed by atoms with Gasteiger partial charge in [-0.05, 0) is 37.6 Å². The zero-order valence-corrected chi connectivity index (χ0v) is 11.8. The Labute approximate surface area is 115 Å². The third-order valence-electron chi connectivity index (χ3n) is 2.54. The van der Waals surface area contributed by atoms with Crippen molar-refractivity contribution >= 4 is 33.9 Å². The van der Waals surface area contributed by atoms with E-state index in [0.29, 0.717) is 29.0 Å². The molecule has 0 aliphatic carbocycles. The largest absolute Gasteiger partial charge is 0.347 e. The number of nitrogens with two attached hydrogens (primary N) is 1. The summed E-state index contributed by atoms with van der Waals surface area (Å²) in [5.41, 5.74) is 6.40. The number of nitrogens with one attached hydrogen (secondary N) is 1. The predicted octanol–water partition coefficient (Wildman–Crippen LogP) is 1.68. The first-order chi connectivity index (χ1) is 8.93. The highest BCUT2D eigenvalue weighted by Crippen LogP contribution is 2.14. The van der Waals surface area contributed by atoms with Gasteiger partial charge in [-0.25, -0.2) is 0 Å². The van der Waals surface area contributed by atoms with E-state index in [4.69, 9.17) is 10.8 Å². The van der Waals surface area contributed by atoms with Crippen LogP contribution in [-0.4, -0.2) is 27.2 Å². The SMILES string of the molecule is CC[C@@H]([SH]=C(N)O)C(=O)Nc1ccc(C(C)=O)cc1. The van der Waals surface area contributed by atoms with Crippen LogP contribution < -0.4 is 11.1 Å². The molecule has 6 heteroatoms. The Morgan fingerprint density at radius 3 is 2.37 bits per heavy atom. The van der Waals surface area contributed by atoms with Crippen LogP contribution in [0.3, 0.4) is 0 Å². The van der Waals surface area contributed by atoms with E-state index in [1.165, 1.54) is 6.92 Å². The van der Waals surface area contributed by atoms with Crippen molar-refractivity contribution in [2.75, 3.05) is 5.32 Å². The molecule has 1 amide bonds. The topological polar surface area (TPSA) is 92.4 Å². The summed E-state index contributed by atoms with van der Waals surface area (Å²) in [6, 6.07) is 6.65. The number of hydrogen-bond donors (Lipinski definition) is 4. The molecule has 0 spiro atoms. The Kier molecular flexibility index (Phi) is 5.88. The van der Waals surface area contributed by atoms with Gasteiger partial charge in [-0.3, -0.25) is 15.3 Å². The van der Waals surface area contributed by atoms with E-state index in [-0.39, 0.29) is 16.9 Å².